The normalized spacial score (nSPS) is 18.7. The third kappa shape index (κ3) is 2.61. The molecule has 0 unspecified atom stereocenters. The van der Waals surface area contributed by atoms with Gasteiger partial charge in [0.25, 0.3) is 5.91 Å². The molecular formula is C17H17NO3. The minimum atomic E-state index is -0.814. The zero-order chi connectivity index (χ0) is 14.8. The fraction of sp³-hybridized carbons (Fsp3) is 0.294. The number of rotatable bonds is 2. The summed E-state index contributed by atoms with van der Waals surface area (Å²) in [4.78, 5) is 25.5. The van der Waals surface area contributed by atoms with Crippen molar-refractivity contribution in [1.29, 1.82) is 0 Å². The summed E-state index contributed by atoms with van der Waals surface area (Å²) in [5.74, 6) is -1.33. The highest BCUT2D eigenvalue weighted by Gasteiger charge is 2.29. The Balaban J connectivity index is 1.92. The van der Waals surface area contributed by atoms with E-state index < -0.39 is 11.9 Å². The molecule has 2 aromatic rings. The molecule has 4 nitrogen and oxygen atoms in total. The van der Waals surface area contributed by atoms with E-state index in [0.717, 1.165) is 17.2 Å². The first-order valence-corrected chi connectivity index (χ1v) is 7.16. The highest BCUT2D eigenvalue weighted by atomic mass is 16.4. The van der Waals surface area contributed by atoms with E-state index in [1.807, 2.05) is 42.5 Å². The summed E-state index contributed by atoms with van der Waals surface area (Å²) in [6.45, 7) is 0.934. The summed E-state index contributed by atoms with van der Waals surface area (Å²) in [6, 6.07) is 13.4. The van der Waals surface area contributed by atoms with Crippen molar-refractivity contribution >= 4 is 22.6 Å². The number of carboxylic acids is 1. The Morgan fingerprint density at radius 1 is 1.10 bits per heavy atom. The molecule has 1 aliphatic rings. The standard InChI is InChI=1S/C17H17NO3/c19-16(18-10-4-7-13(11-18)17(20)21)15-9-3-6-12-5-1-2-8-14(12)15/h1-3,5-6,8-9,13H,4,7,10-11H2,(H,20,21)/t13-/m1/s1. The lowest BCUT2D eigenvalue weighted by molar-refractivity contribution is -0.143. The molecule has 1 saturated heterocycles. The highest BCUT2D eigenvalue weighted by Crippen LogP contribution is 2.23. The minimum Gasteiger partial charge on any atom is -0.481 e. The number of carboxylic acid groups (broad SMARTS) is 1. The average Bonchev–Trinajstić information content (AvgIpc) is 2.53. The number of hydrogen-bond acceptors (Lipinski definition) is 2. The maximum Gasteiger partial charge on any atom is 0.308 e. The molecule has 21 heavy (non-hydrogen) atoms. The lowest BCUT2D eigenvalue weighted by Crippen LogP contribution is -2.42. The Labute approximate surface area is 123 Å². The Morgan fingerprint density at radius 2 is 1.86 bits per heavy atom. The summed E-state index contributed by atoms with van der Waals surface area (Å²) < 4.78 is 0. The van der Waals surface area contributed by atoms with Crippen molar-refractivity contribution in [2.45, 2.75) is 12.8 Å². The summed E-state index contributed by atoms with van der Waals surface area (Å²) in [7, 11) is 0. The van der Waals surface area contributed by atoms with E-state index in [0.29, 0.717) is 25.1 Å². The number of carbonyl (C=O) groups excluding carboxylic acids is 1. The summed E-state index contributed by atoms with van der Waals surface area (Å²) in [5.41, 5.74) is 0.652. The van der Waals surface area contributed by atoms with E-state index in [1.54, 1.807) is 4.90 Å². The van der Waals surface area contributed by atoms with Gasteiger partial charge in [-0.25, -0.2) is 0 Å². The molecule has 0 aromatic heterocycles. The van der Waals surface area contributed by atoms with Crippen LogP contribution in [0.2, 0.25) is 0 Å². The van der Waals surface area contributed by atoms with Crippen LogP contribution in [0.4, 0.5) is 0 Å². The van der Waals surface area contributed by atoms with Crippen molar-refractivity contribution in [1.82, 2.24) is 4.90 Å². The van der Waals surface area contributed by atoms with Gasteiger partial charge in [0.05, 0.1) is 5.92 Å². The van der Waals surface area contributed by atoms with E-state index in [-0.39, 0.29) is 5.91 Å². The van der Waals surface area contributed by atoms with E-state index in [4.69, 9.17) is 5.11 Å². The molecule has 4 heteroatoms. The van der Waals surface area contributed by atoms with Crippen LogP contribution in [0.1, 0.15) is 23.2 Å². The number of amides is 1. The third-order valence-corrected chi connectivity index (χ3v) is 4.08. The van der Waals surface area contributed by atoms with Gasteiger partial charge in [-0.2, -0.15) is 0 Å². The van der Waals surface area contributed by atoms with Gasteiger partial charge in [0, 0.05) is 18.7 Å². The molecule has 0 bridgehead atoms. The van der Waals surface area contributed by atoms with Crippen LogP contribution >= 0.6 is 0 Å². The molecule has 108 valence electrons. The molecule has 1 amide bonds. The van der Waals surface area contributed by atoms with Crippen molar-refractivity contribution in [2.24, 2.45) is 5.92 Å². The largest absolute Gasteiger partial charge is 0.481 e. The smallest absolute Gasteiger partial charge is 0.308 e. The van der Waals surface area contributed by atoms with E-state index in [1.165, 1.54) is 0 Å². The fourth-order valence-corrected chi connectivity index (χ4v) is 2.95. The van der Waals surface area contributed by atoms with Crippen molar-refractivity contribution in [3.05, 3.63) is 48.0 Å². The maximum absolute atomic E-state index is 12.7. The number of piperidine rings is 1. The molecule has 1 atom stereocenters. The lowest BCUT2D eigenvalue weighted by atomic mass is 9.96. The van der Waals surface area contributed by atoms with Crippen LogP contribution in [0.15, 0.2) is 42.5 Å². The molecule has 0 aliphatic carbocycles. The van der Waals surface area contributed by atoms with Gasteiger partial charge in [0.15, 0.2) is 0 Å². The number of hydrogen-bond donors (Lipinski definition) is 1. The first-order chi connectivity index (χ1) is 10.2. The Kier molecular flexibility index (Phi) is 3.60. The second-order valence-corrected chi connectivity index (χ2v) is 5.46. The van der Waals surface area contributed by atoms with Crippen LogP contribution in [0.5, 0.6) is 0 Å². The van der Waals surface area contributed by atoms with E-state index in [9.17, 15) is 9.59 Å². The molecule has 0 radical (unpaired) electrons. The van der Waals surface area contributed by atoms with Crippen LogP contribution in [0.25, 0.3) is 10.8 Å². The summed E-state index contributed by atoms with van der Waals surface area (Å²) >= 11 is 0. The zero-order valence-corrected chi connectivity index (χ0v) is 11.7. The monoisotopic (exact) mass is 283 g/mol. The van der Waals surface area contributed by atoms with Crippen LogP contribution in [0, 0.1) is 5.92 Å². The average molecular weight is 283 g/mol. The van der Waals surface area contributed by atoms with Gasteiger partial charge < -0.3 is 10.0 Å². The summed E-state index contributed by atoms with van der Waals surface area (Å²) in [5, 5.41) is 11.1. The van der Waals surface area contributed by atoms with Crippen molar-refractivity contribution < 1.29 is 14.7 Å². The fourth-order valence-electron chi connectivity index (χ4n) is 2.95. The van der Waals surface area contributed by atoms with Crippen LogP contribution in [-0.4, -0.2) is 35.0 Å². The molecule has 3 rings (SSSR count). The van der Waals surface area contributed by atoms with Crippen LogP contribution < -0.4 is 0 Å². The third-order valence-electron chi connectivity index (χ3n) is 4.08. The van der Waals surface area contributed by atoms with Gasteiger partial charge in [-0.3, -0.25) is 9.59 Å². The van der Waals surface area contributed by atoms with Gasteiger partial charge in [0.1, 0.15) is 0 Å². The van der Waals surface area contributed by atoms with E-state index in [2.05, 4.69) is 0 Å². The number of benzene rings is 2. The van der Waals surface area contributed by atoms with Crippen molar-refractivity contribution in [2.75, 3.05) is 13.1 Å². The molecule has 1 fully saturated rings. The molecule has 0 spiro atoms. The van der Waals surface area contributed by atoms with Crippen molar-refractivity contribution in [3.63, 3.8) is 0 Å². The number of carbonyl (C=O) groups is 2. The molecule has 1 N–H and O–H groups in total. The second-order valence-electron chi connectivity index (χ2n) is 5.46. The van der Waals surface area contributed by atoms with Gasteiger partial charge in [-0.1, -0.05) is 36.4 Å². The quantitative estimate of drug-likeness (QED) is 0.922. The molecule has 1 heterocycles. The Morgan fingerprint density at radius 3 is 2.67 bits per heavy atom. The maximum atomic E-state index is 12.7. The molecule has 1 aliphatic heterocycles. The number of aliphatic carboxylic acids is 1. The topological polar surface area (TPSA) is 57.6 Å². The number of likely N-dealkylation sites (tertiary alicyclic amines) is 1. The van der Waals surface area contributed by atoms with E-state index >= 15 is 0 Å². The van der Waals surface area contributed by atoms with Crippen molar-refractivity contribution in [3.8, 4) is 0 Å². The first kappa shape index (κ1) is 13.6. The summed E-state index contributed by atoms with van der Waals surface area (Å²) in [6.07, 6.45) is 1.39. The number of fused-ring (bicyclic) bond motifs is 1. The molecular weight excluding hydrogens is 266 g/mol. The molecule has 0 saturated carbocycles. The number of nitrogens with zero attached hydrogens (tertiary/aromatic N) is 1. The van der Waals surface area contributed by atoms with Gasteiger partial charge >= 0.3 is 5.97 Å². The van der Waals surface area contributed by atoms with Gasteiger partial charge in [0.2, 0.25) is 0 Å². The predicted molar refractivity (Wildman–Crippen MR) is 80.2 cm³/mol. The predicted octanol–water partition coefficient (Wildman–Crippen LogP) is 2.78. The lowest BCUT2D eigenvalue weighted by Gasteiger charge is -2.31. The zero-order valence-electron chi connectivity index (χ0n) is 11.7. The Bertz CT molecular complexity index is 690. The Hall–Kier alpha value is -2.36. The van der Waals surface area contributed by atoms with Gasteiger partial charge in [-0.15, -0.1) is 0 Å². The van der Waals surface area contributed by atoms with Gasteiger partial charge in [-0.05, 0) is 29.7 Å². The van der Waals surface area contributed by atoms with Crippen LogP contribution in [-0.2, 0) is 4.79 Å². The van der Waals surface area contributed by atoms with Crippen LogP contribution in [0.3, 0.4) is 0 Å². The second kappa shape index (κ2) is 5.56. The molecule has 2 aromatic carbocycles. The SMILES string of the molecule is O=C(O)[C@@H]1CCCN(C(=O)c2cccc3ccccc23)C1. The minimum absolute atomic E-state index is 0.0715. The first-order valence-electron chi connectivity index (χ1n) is 7.16. The highest BCUT2D eigenvalue weighted by molar-refractivity contribution is 6.07.